The van der Waals surface area contributed by atoms with E-state index in [1.807, 2.05) is 6.92 Å². The Kier molecular flexibility index (Phi) is 5.27. The largest absolute Gasteiger partial charge is 0.436 e. The number of hydrogen-bond donors (Lipinski definition) is 0. The molecule has 0 amide bonds. The van der Waals surface area contributed by atoms with Crippen LogP contribution in [0.2, 0.25) is 18.1 Å². The van der Waals surface area contributed by atoms with Gasteiger partial charge in [-0.3, -0.25) is 4.79 Å². The number of carbonyl (C=O) groups is 1. The maximum atomic E-state index is 10.4. The van der Waals surface area contributed by atoms with Crippen LogP contribution in [0.15, 0.2) is 23.5 Å². The molecule has 4 heteroatoms. The third-order valence-corrected chi connectivity index (χ3v) is 9.53. The van der Waals surface area contributed by atoms with Crippen molar-refractivity contribution in [1.29, 1.82) is 0 Å². The fraction of sp³-hybridized carbons (Fsp3) is 0.706. The van der Waals surface area contributed by atoms with Crippen LogP contribution in [0.25, 0.3) is 0 Å². The highest BCUT2D eigenvalue weighted by molar-refractivity contribution is 6.74. The third-order valence-electron chi connectivity index (χ3n) is 5.05. The van der Waals surface area contributed by atoms with Gasteiger partial charge in [-0.05, 0) is 36.2 Å². The molecule has 0 spiro atoms. The van der Waals surface area contributed by atoms with Crippen LogP contribution in [0, 0.1) is 5.41 Å². The molecule has 1 fully saturated rings. The molecule has 1 rings (SSSR count). The van der Waals surface area contributed by atoms with Gasteiger partial charge in [0.15, 0.2) is 8.32 Å². The second-order valence-electron chi connectivity index (χ2n) is 7.87. The minimum atomic E-state index is -1.83. The first-order valence-electron chi connectivity index (χ1n) is 7.60. The van der Waals surface area contributed by atoms with Crippen LogP contribution in [0.4, 0.5) is 0 Å². The standard InChI is InChI=1S/C17H30O3Si/c1-9-14-13(11-19-12-18)10-15(17(14,5)6)20-21(7,8)16(2,3)4/h9,11-12,15H,10H2,1-8H3/b13-11-,14-9-. The Hall–Kier alpha value is -0.873. The molecule has 0 aromatic heterocycles. The third kappa shape index (κ3) is 3.66. The van der Waals surface area contributed by atoms with Gasteiger partial charge in [0.2, 0.25) is 0 Å². The quantitative estimate of drug-likeness (QED) is 0.424. The van der Waals surface area contributed by atoms with Crippen molar-refractivity contribution in [3.05, 3.63) is 23.5 Å². The van der Waals surface area contributed by atoms with E-state index in [2.05, 4.69) is 53.8 Å². The Balaban J connectivity index is 3.08. The van der Waals surface area contributed by atoms with Gasteiger partial charge in [0.25, 0.3) is 6.47 Å². The van der Waals surface area contributed by atoms with Crippen molar-refractivity contribution in [2.45, 2.75) is 72.2 Å². The van der Waals surface area contributed by atoms with Gasteiger partial charge in [0, 0.05) is 11.8 Å². The van der Waals surface area contributed by atoms with Crippen molar-refractivity contribution in [3.63, 3.8) is 0 Å². The van der Waals surface area contributed by atoms with Crippen LogP contribution >= 0.6 is 0 Å². The summed E-state index contributed by atoms with van der Waals surface area (Å²) in [6.45, 7) is 18.2. The molecular weight excluding hydrogens is 280 g/mol. The van der Waals surface area contributed by atoms with Crippen LogP contribution in [-0.4, -0.2) is 20.9 Å². The summed E-state index contributed by atoms with van der Waals surface area (Å²) < 4.78 is 11.5. The lowest BCUT2D eigenvalue weighted by Crippen LogP contribution is -2.46. The molecular formula is C17H30O3Si. The molecule has 0 heterocycles. The summed E-state index contributed by atoms with van der Waals surface area (Å²) in [5, 5.41) is 0.185. The number of carbonyl (C=O) groups excluding carboxylic acids is 1. The second-order valence-corrected chi connectivity index (χ2v) is 12.6. The minimum absolute atomic E-state index is 0.0671. The van der Waals surface area contributed by atoms with Gasteiger partial charge in [-0.1, -0.05) is 40.7 Å². The SMILES string of the molecule is C/C=C1/C(=C\OC=O)CC(O[Si](C)(C)C(C)(C)C)C1(C)C. The maximum Gasteiger partial charge on any atom is 0.297 e. The number of allylic oxidation sites excluding steroid dienone is 1. The van der Waals surface area contributed by atoms with Crippen LogP contribution < -0.4 is 0 Å². The highest BCUT2D eigenvalue weighted by atomic mass is 28.4. The molecule has 0 bridgehead atoms. The Labute approximate surface area is 130 Å². The van der Waals surface area contributed by atoms with E-state index in [-0.39, 0.29) is 16.6 Å². The van der Waals surface area contributed by atoms with Crippen LogP contribution in [0.5, 0.6) is 0 Å². The molecule has 1 unspecified atom stereocenters. The van der Waals surface area contributed by atoms with Gasteiger partial charge in [-0.25, -0.2) is 0 Å². The first kappa shape index (κ1) is 18.2. The molecule has 0 saturated heterocycles. The van der Waals surface area contributed by atoms with Crippen molar-refractivity contribution < 1.29 is 14.0 Å². The van der Waals surface area contributed by atoms with E-state index in [1.54, 1.807) is 6.26 Å². The van der Waals surface area contributed by atoms with E-state index in [1.165, 1.54) is 5.57 Å². The summed E-state index contributed by atoms with van der Waals surface area (Å²) >= 11 is 0. The summed E-state index contributed by atoms with van der Waals surface area (Å²) in [5.41, 5.74) is 2.22. The molecule has 0 aromatic carbocycles. The van der Waals surface area contributed by atoms with Crippen LogP contribution in [0.1, 0.15) is 48.0 Å². The predicted octanol–water partition coefficient (Wildman–Crippen LogP) is 4.81. The average molecular weight is 311 g/mol. The summed E-state index contributed by atoms with van der Waals surface area (Å²) in [5.74, 6) is 0. The van der Waals surface area contributed by atoms with Crippen molar-refractivity contribution in [3.8, 4) is 0 Å². The summed E-state index contributed by atoms with van der Waals surface area (Å²) in [4.78, 5) is 10.4. The monoisotopic (exact) mass is 310 g/mol. The van der Waals surface area contributed by atoms with Gasteiger partial charge in [-0.15, -0.1) is 0 Å². The van der Waals surface area contributed by atoms with Crippen LogP contribution in [-0.2, 0) is 14.0 Å². The molecule has 21 heavy (non-hydrogen) atoms. The highest BCUT2D eigenvalue weighted by Crippen LogP contribution is 2.50. The van der Waals surface area contributed by atoms with Crippen molar-refractivity contribution in [2.24, 2.45) is 5.41 Å². The summed E-state index contributed by atoms with van der Waals surface area (Å²) in [6, 6.07) is 0. The molecule has 1 saturated carbocycles. The first-order chi connectivity index (χ1) is 9.47. The second kappa shape index (κ2) is 6.09. The number of hydrogen-bond acceptors (Lipinski definition) is 3. The first-order valence-corrected chi connectivity index (χ1v) is 10.5. The topological polar surface area (TPSA) is 35.5 Å². The zero-order valence-corrected chi connectivity index (χ0v) is 15.7. The minimum Gasteiger partial charge on any atom is -0.436 e. The Morgan fingerprint density at radius 2 is 1.86 bits per heavy atom. The normalized spacial score (nSPS) is 26.4. The van der Waals surface area contributed by atoms with Gasteiger partial charge in [0.05, 0.1) is 12.4 Å². The molecule has 1 aliphatic carbocycles. The van der Waals surface area contributed by atoms with Crippen molar-refractivity contribution in [1.82, 2.24) is 0 Å². The Bertz CT molecular complexity index is 453. The molecule has 0 radical (unpaired) electrons. The lowest BCUT2D eigenvalue weighted by molar-refractivity contribution is -0.123. The molecule has 0 N–H and O–H groups in total. The predicted molar refractivity (Wildman–Crippen MR) is 89.5 cm³/mol. The Morgan fingerprint density at radius 1 is 1.29 bits per heavy atom. The lowest BCUT2D eigenvalue weighted by Gasteiger charge is -2.41. The van der Waals surface area contributed by atoms with Gasteiger partial charge in [0.1, 0.15) is 0 Å². The molecule has 120 valence electrons. The van der Waals surface area contributed by atoms with E-state index < -0.39 is 8.32 Å². The fourth-order valence-electron chi connectivity index (χ4n) is 2.65. The molecule has 0 aromatic rings. The van der Waals surface area contributed by atoms with E-state index in [9.17, 15) is 4.79 Å². The van der Waals surface area contributed by atoms with E-state index in [4.69, 9.17) is 9.16 Å². The zero-order chi connectivity index (χ0) is 16.5. The van der Waals surface area contributed by atoms with Gasteiger partial charge < -0.3 is 9.16 Å². The lowest BCUT2D eigenvalue weighted by atomic mass is 9.84. The van der Waals surface area contributed by atoms with Crippen molar-refractivity contribution >= 4 is 14.8 Å². The fourth-order valence-corrected chi connectivity index (χ4v) is 4.10. The van der Waals surface area contributed by atoms with Crippen molar-refractivity contribution in [2.75, 3.05) is 0 Å². The van der Waals surface area contributed by atoms with Gasteiger partial charge >= 0.3 is 0 Å². The molecule has 3 nitrogen and oxygen atoms in total. The number of ether oxygens (including phenoxy) is 1. The van der Waals surface area contributed by atoms with E-state index in [0.29, 0.717) is 6.47 Å². The van der Waals surface area contributed by atoms with E-state index in [0.717, 1.165) is 12.0 Å². The van der Waals surface area contributed by atoms with Crippen LogP contribution in [0.3, 0.4) is 0 Å². The maximum absolute atomic E-state index is 10.4. The Morgan fingerprint density at radius 3 is 2.29 bits per heavy atom. The molecule has 1 atom stereocenters. The summed E-state index contributed by atoms with van der Waals surface area (Å²) in [7, 11) is -1.83. The summed E-state index contributed by atoms with van der Waals surface area (Å²) in [6.07, 6.45) is 4.60. The average Bonchev–Trinajstić information content (AvgIpc) is 2.55. The highest BCUT2D eigenvalue weighted by Gasteiger charge is 2.48. The molecule has 0 aliphatic heterocycles. The number of rotatable bonds is 4. The van der Waals surface area contributed by atoms with Gasteiger partial charge in [-0.2, -0.15) is 0 Å². The molecule has 1 aliphatic rings. The smallest absolute Gasteiger partial charge is 0.297 e. The van der Waals surface area contributed by atoms with E-state index >= 15 is 0 Å². The zero-order valence-electron chi connectivity index (χ0n) is 14.7.